The molecule has 6 heteroatoms. The minimum Gasteiger partial charge on any atom is -0.333 e. The van der Waals surface area contributed by atoms with Crippen LogP contribution < -0.4 is 16.0 Å². The number of anilines is 1. The number of carbonyl (C=O) groups is 1. The van der Waals surface area contributed by atoms with Crippen molar-refractivity contribution in [1.82, 2.24) is 10.6 Å². The van der Waals surface area contributed by atoms with E-state index in [1.807, 2.05) is 20.8 Å². The third-order valence-corrected chi connectivity index (χ3v) is 2.47. The lowest BCUT2D eigenvalue weighted by molar-refractivity contribution is 0.236. The van der Waals surface area contributed by atoms with Gasteiger partial charge in [-0.2, -0.15) is 0 Å². The molecular weight excluding hydrogens is 259 g/mol. The zero-order valence-corrected chi connectivity index (χ0v) is 12.4. The molecule has 1 aromatic carbocycles. The molecule has 0 radical (unpaired) electrons. The lowest BCUT2D eigenvalue weighted by Crippen LogP contribution is -2.49. The predicted octanol–water partition coefficient (Wildman–Crippen LogP) is 2.89. The van der Waals surface area contributed by atoms with Gasteiger partial charge in [0.15, 0.2) is 0 Å². The van der Waals surface area contributed by atoms with E-state index in [4.69, 9.17) is 5.41 Å². The monoisotopic (exact) mass is 280 g/mol. The molecule has 0 saturated heterocycles. The number of benzene rings is 1. The first kappa shape index (κ1) is 15.9. The summed E-state index contributed by atoms with van der Waals surface area (Å²) in [5.41, 5.74) is 1.58. The molecular formula is C14H21FN4O. The van der Waals surface area contributed by atoms with E-state index in [9.17, 15) is 9.18 Å². The van der Waals surface area contributed by atoms with Crippen molar-refractivity contribution < 1.29 is 9.18 Å². The van der Waals surface area contributed by atoms with Crippen molar-refractivity contribution >= 4 is 17.7 Å². The molecule has 0 atom stereocenters. The molecule has 0 spiro atoms. The van der Waals surface area contributed by atoms with Gasteiger partial charge in [-0.15, -0.1) is 0 Å². The number of hydrogen-bond acceptors (Lipinski definition) is 2. The summed E-state index contributed by atoms with van der Waals surface area (Å²) in [5, 5.41) is 15.6. The van der Waals surface area contributed by atoms with E-state index in [1.165, 1.54) is 12.1 Å². The Morgan fingerprint density at radius 1 is 1.20 bits per heavy atom. The maximum atomic E-state index is 13.2. The van der Waals surface area contributed by atoms with Crippen LogP contribution in [0.15, 0.2) is 12.1 Å². The highest BCUT2D eigenvalue weighted by Crippen LogP contribution is 2.21. The predicted molar refractivity (Wildman–Crippen MR) is 78.6 cm³/mol. The number of amides is 2. The number of guanidine groups is 1. The van der Waals surface area contributed by atoms with Gasteiger partial charge in [0, 0.05) is 11.2 Å². The number of urea groups is 1. The number of hydrogen-bond donors (Lipinski definition) is 4. The second kappa shape index (κ2) is 5.90. The number of halogens is 1. The summed E-state index contributed by atoms with van der Waals surface area (Å²) in [6.45, 7) is 9.01. The summed E-state index contributed by atoms with van der Waals surface area (Å²) in [6, 6.07) is 2.28. The van der Waals surface area contributed by atoms with E-state index >= 15 is 0 Å². The van der Waals surface area contributed by atoms with Gasteiger partial charge in [-0.1, -0.05) is 0 Å². The highest BCUT2D eigenvalue weighted by Gasteiger charge is 2.15. The van der Waals surface area contributed by atoms with Gasteiger partial charge in [0.1, 0.15) is 5.82 Å². The molecule has 0 fully saturated rings. The number of rotatable bonds is 1. The van der Waals surface area contributed by atoms with E-state index in [-0.39, 0.29) is 17.3 Å². The average molecular weight is 280 g/mol. The zero-order chi connectivity index (χ0) is 15.5. The molecule has 110 valence electrons. The van der Waals surface area contributed by atoms with Gasteiger partial charge in [0.05, 0.1) is 0 Å². The molecule has 20 heavy (non-hydrogen) atoms. The maximum absolute atomic E-state index is 13.2. The van der Waals surface area contributed by atoms with E-state index < -0.39 is 6.03 Å². The minimum atomic E-state index is -0.465. The van der Waals surface area contributed by atoms with Gasteiger partial charge in [-0.05, 0) is 57.9 Å². The third-order valence-electron chi connectivity index (χ3n) is 2.47. The van der Waals surface area contributed by atoms with E-state index in [1.54, 1.807) is 13.8 Å². The smallest absolute Gasteiger partial charge is 0.321 e. The van der Waals surface area contributed by atoms with Crippen LogP contribution in [0.3, 0.4) is 0 Å². The summed E-state index contributed by atoms with van der Waals surface area (Å²) in [5.74, 6) is -0.486. The van der Waals surface area contributed by atoms with Crippen LogP contribution in [-0.4, -0.2) is 17.5 Å². The Kier molecular flexibility index (Phi) is 4.70. The first-order chi connectivity index (χ1) is 9.08. The Morgan fingerprint density at radius 3 is 2.15 bits per heavy atom. The molecule has 0 aliphatic rings. The molecule has 1 rings (SSSR count). The first-order valence-corrected chi connectivity index (χ1v) is 6.30. The molecule has 0 aromatic heterocycles. The van der Waals surface area contributed by atoms with Crippen molar-refractivity contribution in [2.45, 2.75) is 40.2 Å². The standard InChI is InChI=1S/C14H21FN4O/c1-8-6-10(15)7-9(2)11(8)17-12(16)18-13(20)19-14(3,4)5/h6-7H,1-5H3,(H4,16,17,18,19,20). The Bertz CT molecular complexity index is 511. The topological polar surface area (TPSA) is 77.0 Å². The van der Waals surface area contributed by atoms with Crippen LogP contribution in [-0.2, 0) is 0 Å². The largest absolute Gasteiger partial charge is 0.333 e. The molecule has 0 bridgehead atoms. The van der Waals surface area contributed by atoms with Crippen LogP contribution in [0.1, 0.15) is 31.9 Å². The summed E-state index contributed by atoms with van der Waals surface area (Å²) < 4.78 is 13.2. The third kappa shape index (κ3) is 4.87. The van der Waals surface area contributed by atoms with Crippen LogP contribution in [0.25, 0.3) is 0 Å². The highest BCUT2D eigenvalue weighted by molar-refractivity contribution is 6.02. The summed E-state index contributed by atoms with van der Waals surface area (Å²) in [6.07, 6.45) is 0. The second-order valence-electron chi connectivity index (χ2n) is 5.74. The Morgan fingerprint density at radius 2 is 1.70 bits per heavy atom. The molecule has 0 heterocycles. The molecule has 0 saturated carbocycles. The molecule has 0 aliphatic heterocycles. The normalized spacial score (nSPS) is 10.9. The SMILES string of the molecule is Cc1cc(F)cc(C)c1NC(=N)NC(=O)NC(C)(C)C. The Labute approximate surface area is 118 Å². The Balaban J connectivity index is 2.70. The van der Waals surface area contributed by atoms with Gasteiger partial charge >= 0.3 is 6.03 Å². The molecule has 0 unspecified atom stereocenters. The van der Waals surface area contributed by atoms with Gasteiger partial charge in [0.2, 0.25) is 5.96 Å². The number of nitrogens with one attached hydrogen (secondary N) is 4. The fraction of sp³-hybridized carbons (Fsp3) is 0.429. The highest BCUT2D eigenvalue weighted by atomic mass is 19.1. The van der Waals surface area contributed by atoms with Crippen molar-refractivity contribution in [1.29, 1.82) is 5.41 Å². The minimum absolute atomic E-state index is 0.162. The first-order valence-electron chi connectivity index (χ1n) is 6.30. The van der Waals surface area contributed by atoms with Crippen molar-refractivity contribution in [2.24, 2.45) is 0 Å². The van der Waals surface area contributed by atoms with Crippen LogP contribution in [0.2, 0.25) is 0 Å². The van der Waals surface area contributed by atoms with Crippen molar-refractivity contribution in [3.8, 4) is 0 Å². The van der Waals surface area contributed by atoms with Crippen LogP contribution in [0, 0.1) is 25.1 Å². The zero-order valence-electron chi connectivity index (χ0n) is 12.4. The fourth-order valence-corrected chi connectivity index (χ4v) is 1.75. The number of aryl methyl sites for hydroxylation is 2. The van der Waals surface area contributed by atoms with Crippen LogP contribution in [0.4, 0.5) is 14.9 Å². The number of carbonyl (C=O) groups excluding carboxylic acids is 1. The lowest BCUT2D eigenvalue weighted by Gasteiger charge is -2.21. The quantitative estimate of drug-likeness (QED) is 0.471. The van der Waals surface area contributed by atoms with E-state index in [0.29, 0.717) is 16.8 Å². The molecule has 1 aromatic rings. The second-order valence-corrected chi connectivity index (χ2v) is 5.74. The van der Waals surface area contributed by atoms with Gasteiger partial charge in [-0.25, -0.2) is 9.18 Å². The maximum Gasteiger partial charge on any atom is 0.321 e. The van der Waals surface area contributed by atoms with Crippen LogP contribution in [0.5, 0.6) is 0 Å². The summed E-state index contributed by atoms with van der Waals surface area (Å²) in [4.78, 5) is 11.6. The molecule has 0 aliphatic carbocycles. The fourth-order valence-electron chi connectivity index (χ4n) is 1.75. The van der Waals surface area contributed by atoms with E-state index in [0.717, 1.165) is 0 Å². The lowest BCUT2D eigenvalue weighted by atomic mass is 10.1. The summed E-state index contributed by atoms with van der Waals surface area (Å²) >= 11 is 0. The Hall–Kier alpha value is -2.11. The van der Waals surface area contributed by atoms with Crippen molar-refractivity contribution in [3.05, 3.63) is 29.1 Å². The molecule has 4 N–H and O–H groups in total. The van der Waals surface area contributed by atoms with Gasteiger partial charge in [-0.3, -0.25) is 10.7 Å². The average Bonchev–Trinajstić information content (AvgIpc) is 2.20. The van der Waals surface area contributed by atoms with Crippen LogP contribution >= 0.6 is 0 Å². The molecule has 2 amide bonds. The van der Waals surface area contributed by atoms with Crippen molar-refractivity contribution in [3.63, 3.8) is 0 Å². The molecule has 5 nitrogen and oxygen atoms in total. The van der Waals surface area contributed by atoms with Gasteiger partial charge < -0.3 is 10.6 Å². The summed E-state index contributed by atoms with van der Waals surface area (Å²) in [7, 11) is 0. The van der Waals surface area contributed by atoms with Gasteiger partial charge in [0.25, 0.3) is 0 Å². The van der Waals surface area contributed by atoms with E-state index in [2.05, 4.69) is 16.0 Å². The van der Waals surface area contributed by atoms with Crippen molar-refractivity contribution in [2.75, 3.05) is 5.32 Å².